The Morgan fingerprint density at radius 3 is 2.51 bits per heavy atom. The van der Waals surface area contributed by atoms with Crippen molar-refractivity contribution in [1.82, 2.24) is 14.5 Å². The van der Waals surface area contributed by atoms with Crippen LogP contribution in [0.5, 0.6) is 5.75 Å². The number of carbonyl (C=O) groups is 2. The largest absolute Gasteiger partial charge is 0.496 e. The molecule has 232 valence electrons. The number of carbonyl (C=O) groups excluding carboxylic acids is 2. The van der Waals surface area contributed by atoms with Gasteiger partial charge in [-0.15, -0.1) is 11.3 Å². The number of esters is 1. The second kappa shape index (κ2) is 14.0. The number of ether oxygens (including phenoxy) is 3. The van der Waals surface area contributed by atoms with E-state index in [1.807, 2.05) is 6.07 Å². The Balaban J connectivity index is 2.43. The van der Waals surface area contributed by atoms with E-state index >= 15 is 0 Å². The molecule has 1 aromatic carbocycles. The van der Waals surface area contributed by atoms with Crippen LogP contribution in [0.3, 0.4) is 0 Å². The van der Waals surface area contributed by atoms with Crippen LogP contribution in [-0.4, -0.2) is 47.4 Å². The molecule has 0 fully saturated rings. The Morgan fingerprint density at radius 2 is 1.93 bits per heavy atom. The van der Waals surface area contributed by atoms with Gasteiger partial charge in [-0.25, -0.2) is 18.5 Å². The summed E-state index contributed by atoms with van der Waals surface area (Å²) in [4.78, 5) is 55.1. The third-order valence-corrected chi connectivity index (χ3v) is 8.48. The van der Waals surface area contributed by atoms with Gasteiger partial charge in [0.1, 0.15) is 32.9 Å². The van der Waals surface area contributed by atoms with Gasteiger partial charge in [0.2, 0.25) is 5.91 Å². The minimum absolute atomic E-state index is 0.0202. The highest BCUT2D eigenvalue weighted by Crippen LogP contribution is 2.34. The molecule has 0 saturated heterocycles. The molecule has 3 aromatic rings. The molecular weight excluding hydrogens is 579 g/mol. The van der Waals surface area contributed by atoms with Gasteiger partial charge in [0.05, 0.1) is 44.7 Å². The van der Waals surface area contributed by atoms with Crippen molar-refractivity contribution in [2.75, 3.05) is 20.3 Å². The lowest BCUT2D eigenvalue weighted by molar-refractivity contribution is -0.130. The number of halogens is 1. The van der Waals surface area contributed by atoms with Crippen LogP contribution in [0.1, 0.15) is 74.4 Å². The Morgan fingerprint density at radius 1 is 1.23 bits per heavy atom. The van der Waals surface area contributed by atoms with E-state index in [4.69, 9.17) is 19.5 Å². The number of aryl methyl sites for hydroxylation is 1. The number of hydrogen-bond acceptors (Lipinski definition) is 9. The van der Waals surface area contributed by atoms with Gasteiger partial charge >= 0.3 is 11.7 Å². The molecule has 0 aliphatic heterocycles. The SMILES string of the molecule is CCOC(=O)c1sc2c(c1C)c(=O)n([C@@](C)(CC)C(=O)NC(C)C)c(=O)n2C[C@H](OCCC#N)c1cc(F)ccc1OC. The van der Waals surface area contributed by atoms with Gasteiger partial charge in [-0.05, 0) is 64.8 Å². The summed E-state index contributed by atoms with van der Waals surface area (Å²) in [5.74, 6) is -1.48. The first-order valence-corrected chi connectivity index (χ1v) is 14.8. The van der Waals surface area contributed by atoms with Crippen molar-refractivity contribution in [2.24, 2.45) is 0 Å². The van der Waals surface area contributed by atoms with Crippen molar-refractivity contribution in [3.63, 3.8) is 0 Å². The zero-order valence-corrected chi connectivity index (χ0v) is 26.2. The molecule has 0 aliphatic carbocycles. The molecule has 2 aromatic heterocycles. The van der Waals surface area contributed by atoms with E-state index in [-0.39, 0.29) is 65.0 Å². The lowest BCUT2D eigenvalue weighted by atomic mass is 9.96. The molecule has 1 amide bonds. The van der Waals surface area contributed by atoms with Gasteiger partial charge in [0.15, 0.2) is 0 Å². The summed E-state index contributed by atoms with van der Waals surface area (Å²) in [5, 5.41) is 12.0. The highest BCUT2D eigenvalue weighted by Gasteiger charge is 2.39. The lowest BCUT2D eigenvalue weighted by Gasteiger charge is -2.31. The van der Waals surface area contributed by atoms with E-state index in [1.165, 1.54) is 36.8 Å². The van der Waals surface area contributed by atoms with Crippen LogP contribution in [0, 0.1) is 24.1 Å². The van der Waals surface area contributed by atoms with Crippen LogP contribution in [0.2, 0.25) is 0 Å². The monoisotopic (exact) mass is 616 g/mol. The minimum Gasteiger partial charge on any atom is -0.496 e. The number of amides is 1. The van der Waals surface area contributed by atoms with Gasteiger partial charge in [-0.2, -0.15) is 5.26 Å². The second-order valence-electron chi connectivity index (χ2n) is 10.4. The molecule has 2 heterocycles. The molecule has 1 N–H and O–H groups in total. The maximum atomic E-state index is 14.5. The van der Waals surface area contributed by atoms with Gasteiger partial charge in [-0.1, -0.05) is 6.92 Å². The number of thiophene rings is 1. The first-order valence-electron chi connectivity index (χ1n) is 14.0. The summed E-state index contributed by atoms with van der Waals surface area (Å²) in [6.07, 6.45) is -0.900. The standard InChI is InChI=1S/C30H37FN4O7S/c1-8-30(6,28(38)33-17(3)4)35-25(36)23-18(5)24(27(37)41-9-2)43-26(23)34(29(35)39)16-22(42-14-10-13-32)20-15-19(31)11-12-21(20)40-7/h11-12,15,17,22H,8-10,14,16H2,1-7H3,(H,33,38)/t22-,30-/m0/s1. The summed E-state index contributed by atoms with van der Waals surface area (Å²) in [5.41, 5.74) is -2.57. The maximum Gasteiger partial charge on any atom is 0.348 e. The van der Waals surface area contributed by atoms with E-state index in [0.29, 0.717) is 5.56 Å². The smallest absolute Gasteiger partial charge is 0.348 e. The van der Waals surface area contributed by atoms with Crippen molar-refractivity contribution in [3.05, 3.63) is 60.9 Å². The topological polar surface area (TPSA) is 142 Å². The molecule has 43 heavy (non-hydrogen) atoms. The quantitative estimate of drug-likeness (QED) is 0.223. The molecule has 0 radical (unpaired) electrons. The summed E-state index contributed by atoms with van der Waals surface area (Å²) in [6.45, 7) is 9.77. The van der Waals surface area contributed by atoms with E-state index in [0.717, 1.165) is 15.9 Å². The second-order valence-corrected chi connectivity index (χ2v) is 11.4. The average Bonchev–Trinajstić information content (AvgIpc) is 3.31. The molecule has 2 atom stereocenters. The van der Waals surface area contributed by atoms with E-state index in [9.17, 15) is 23.6 Å². The van der Waals surface area contributed by atoms with Gasteiger partial charge < -0.3 is 19.5 Å². The summed E-state index contributed by atoms with van der Waals surface area (Å²) in [7, 11) is 1.40. The Kier molecular flexibility index (Phi) is 10.9. The molecule has 0 spiro atoms. The predicted molar refractivity (Wildman–Crippen MR) is 160 cm³/mol. The highest BCUT2D eigenvalue weighted by atomic mass is 32.1. The van der Waals surface area contributed by atoms with Crippen molar-refractivity contribution >= 4 is 33.4 Å². The van der Waals surface area contributed by atoms with Crippen molar-refractivity contribution in [3.8, 4) is 11.8 Å². The fourth-order valence-electron chi connectivity index (χ4n) is 4.78. The van der Waals surface area contributed by atoms with Crippen molar-refractivity contribution < 1.29 is 28.2 Å². The summed E-state index contributed by atoms with van der Waals surface area (Å²) < 4.78 is 33.3. The number of fused-ring (bicyclic) bond motifs is 1. The third kappa shape index (κ3) is 6.65. The van der Waals surface area contributed by atoms with Crippen LogP contribution in [0.4, 0.5) is 4.39 Å². The molecular formula is C30H37FN4O7S. The molecule has 0 bridgehead atoms. The van der Waals surface area contributed by atoms with Gasteiger partial charge in [0.25, 0.3) is 5.56 Å². The van der Waals surface area contributed by atoms with Crippen LogP contribution < -0.4 is 21.3 Å². The van der Waals surface area contributed by atoms with Crippen LogP contribution in [-0.2, 0) is 26.4 Å². The molecule has 0 aliphatic rings. The third-order valence-electron chi connectivity index (χ3n) is 7.18. The lowest BCUT2D eigenvalue weighted by Crippen LogP contribution is -2.58. The van der Waals surface area contributed by atoms with Crippen LogP contribution >= 0.6 is 11.3 Å². The number of hydrogen-bond donors (Lipinski definition) is 1. The van der Waals surface area contributed by atoms with E-state index in [2.05, 4.69) is 5.32 Å². The number of methoxy groups -OCH3 is 1. The van der Waals surface area contributed by atoms with Crippen LogP contribution in [0.15, 0.2) is 27.8 Å². The number of nitriles is 1. The fraction of sp³-hybridized carbons (Fsp3) is 0.500. The number of benzene rings is 1. The normalized spacial score (nSPS) is 13.4. The molecule has 3 rings (SSSR count). The average molecular weight is 617 g/mol. The Hall–Kier alpha value is -4.02. The highest BCUT2D eigenvalue weighted by molar-refractivity contribution is 7.20. The Labute approximate surface area is 252 Å². The van der Waals surface area contributed by atoms with Gasteiger partial charge in [0, 0.05) is 11.6 Å². The maximum absolute atomic E-state index is 14.5. The first-order chi connectivity index (χ1) is 20.4. The Bertz CT molecular complexity index is 1670. The summed E-state index contributed by atoms with van der Waals surface area (Å²) in [6, 6.07) is 5.57. The minimum atomic E-state index is -1.60. The van der Waals surface area contributed by atoms with Crippen molar-refractivity contribution in [1.29, 1.82) is 5.26 Å². The fourth-order valence-corrected chi connectivity index (χ4v) is 5.98. The first kappa shape index (κ1) is 33.5. The van der Waals surface area contributed by atoms with Gasteiger partial charge in [-0.3, -0.25) is 14.2 Å². The molecule has 0 unspecified atom stereocenters. The zero-order chi connectivity index (χ0) is 32.1. The van der Waals surface area contributed by atoms with Crippen LogP contribution in [0.25, 0.3) is 10.2 Å². The number of aromatic nitrogens is 2. The predicted octanol–water partition coefficient (Wildman–Crippen LogP) is 4.18. The van der Waals surface area contributed by atoms with E-state index in [1.54, 1.807) is 34.6 Å². The molecule has 0 saturated carbocycles. The number of nitrogens with one attached hydrogen (secondary N) is 1. The summed E-state index contributed by atoms with van der Waals surface area (Å²) >= 11 is 0.913. The number of rotatable bonds is 13. The van der Waals surface area contributed by atoms with E-state index < -0.39 is 40.6 Å². The van der Waals surface area contributed by atoms with Crippen molar-refractivity contribution in [2.45, 2.75) is 78.6 Å². The molecule has 13 heteroatoms. The number of nitrogens with zero attached hydrogens (tertiary/aromatic N) is 3. The zero-order valence-electron chi connectivity index (χ0n) is 25.4. The molecule has 11 nitrogen and oxygen atoms in total.